The zero-order valence-electron chi connectivity index (χ0n) is 10.6. The molecule has 0 unspecified atom stereocenters. The number of rotatable bonds is 2. The van der Waals surface area contributed by atoms with E-state index in [0.717, 1.165) is 17.9 Å². The Kier molecular flexibility index (Phi) is 2.59. The molecule has 18 heavy (non-hydrogen) atoms. The Morgan fingerprint density at radius 1 is 0.944 bits per heavy atom. The molecule has 1 aromatic carbocycles. The summed E-state index contributed by atoms with van der Waals surface area (Å²) in [5, 5.41) is 8.33. The minimum absolute atomic E-state index is 0.887. The van der Waals surface area contributed by atoms with Crippen LogP contribution in [0.5, 0.6) is 0 Å². The third-order valence-electron chi connectivity index (χ3n) is 3.17. The lowest BCUT2D eigenvalue weighted by Crippen LogP contribution is -1.93. The lowest BCUT2D eigenvalue weighted by Gasteiger charge is -2.04. The van der Waals surface area contributed by atoms with E-state index in [4.69, 9.17) is 0 Å². The molecule has 3 heteroatoms. The van der Waals surface area contributed by atoms with E-state index < -0.39 is 0 Å². The van der Waals surface area contributed by atoms with E-state index in [0.29, 0.717) is 0 Å². The number of hydrogen-bond acceptors (Lipinski definition) is 2. The highest BCUT2D eigenvalue weighted by Gasteiger charge is 2.05. The number of aromatic nitrogens is 3. The third-order valence-corrected chi connectivity index (χ3v) is 3.17. The first kappa shape index (κ1) is 11.0. The molecule has 0 N–H and O–H groups in total. The number of benzene rings is 1. The molecule has 0 spiro atoms. The molecule has 2 aromatic heterocycles. The molecule has 0 atom stereocenters. The van der Waals surface area contributed by atoms with Crippen LogP contribution in [0.1, 0.15) is 18.3 Å². The second kappa shape index (κ2) is 4.26. The van der Waals surface area contributed by atoms with Crippen molar-refractivity contribution in [1.29, 1.82) is 0 Å². The standard InChI is InChI=1S/C15H15N3/c1-3-14-16-17-15-9-8-13(10-18(14)15)12-6-4-11(2)5-7-12/h4-10H,3H2,1-2H3. The van der Waals surface area contributed by atoms with Crippen LogP contribution in [0.4, 0.5) is 0 Å². The first-order valence-electron chi connectivity index (χ1n) is 6.18. The van der Waals surface area contributed by atoms with E-state index in [1.807, 2.05) is 6.07 Å². The van der Waals surface area contributed by atoms with Crippen LogP contribution in [0.3, 0.4) is 0 Å². The van der Waals surface area contributed by atoms with Crippen molar-refractivity contribution < 1.29 is 0 Å². The molecule has 0 aliphatic heterocycles. The van der Waals surface area contributed by atoms with E-state index in [1.165, 1.54) is 16.7 Å². The Balaban J connectivity index is 2.14. The molecule has 0 saturated carbocycles. The molecule has 2 heterocycles. The summed E-state index contributed by atoms with van der Waals surface area (Å²) < 4.78 is 2.06. The van der Waals surface area contributed by atoms with Gasteiger partial charge in [0.1, 0.15) is 5.82 Å². The largest absolute Gasteiger partial charge is 0.286 e. The summed E-state index contributed by atoms with van der Waals surface area (Å²) in [5.41, 5.74) is 4.59. The summed E-state index contributed by atoms with van der Waals surface area (Å²) in [6.07, 6.45) is 3.00. The van der Waals surface area contributed by atoms with Gasteiger partial charge in [0, 0.05) is 12.6 Å². The highest BCUT2D eigenvalue weighted by molar-refractivity contribution is 5.64. The van der Waals surface area contributed by atoms with Crippen molar-refractivity contribution in [3.8, 4) is 11.1 Å². The molecular weight excluding hydrogens is 222 g/mol. The van der Waals surface area contributed by atoms with Crippen molar-refractivity contribution in [3.63, 3.8) is 0 Å². The normalized spacial score (nSPS) is 11.0. The Bertz CT molecular complexity index is 681. The van der Waals surface area contributed by atoms with Gasteiger partial charge in [0.2, 0.25) is 0 Å². The van der Waals surface area contributed by atoms with Gasteiger partial charge >= 0.3 is 0 Å². The van der Waals surface area contributed by atoms with Gasteiger partial charge in [-0.2, -0.15) is 0 Å². The van der Waals surface area contributed by atoms with Crippen molar-refractivity contribution in [1.82, 2.24) is 14.6 Å². The predicted octanol–water partition coefficient (Wildman–Crippen LogP) is 3.27. The van der Waals surface area contributed by atoms with Crippen LogP contribution >= 0.6 is 0 Å². The maximum Gasteiger partial charge on any atom is 0.160 e. The maximum atomic E-state index is 4.18. The average molecular weight is 237 g/mol. The molecule has 90 valence electrons. The van der Waals surface area contributed by atoms with E-state index in [1.54, 1.807) is 0 Å². The van der Waals surface area contributed by atoms with Crippen LogP contribution in [0, 0.1) is 6.92 Å². The predicted molar refractivity (Wildman–Crippen MR) is 72.5 cm³/mol. The lowest BCUT2D eigenvalue weighted by atomic mass is 10.1. The Morgan fingerprint density at radius 3 is 2.39 bits per heavy atom. The van der Waals surface area contributed by atoms with Gasteiger partial charge in [-0.3, -0.25) is 4.40 Å². The first-order valence-corrected chi connectivity index (χ1v) is 6.18. The van der Waals surface area contributed by atoms with Crippen LogP contribution in [-0.2, 0) is 6.42 Å². The van der Waals surface area contributed by atoms with Crippen LogP contribution in [0.2, 0.25) is 0 Å². The van der Waals surface area contributed by atoms with Gasteiger partial charge in [-0.25, -0.2) is 0 Å². The molecule has 0 bridgehead atoms. The summed E-state index contributed by atoms with van der Waals surface area (Å²) in [5.74, 6) is 0.999. The highest BCUT2D eigenvalue weighted by Crippen LogP contribution is 2.20. The van der Waals surface area contributed by atoms with Gasteiger partial charge in [0.25, 0.3) is 0 Å². The average Bonchev–Trinajstić information content (AvgIpc) is 2.81. The van der Waals surface area contributed by atoms with Crippen molar-refractivity contribution in [3.05, 3.63) is 54.0 Å². The van der Waals surface area contributed by atoms with Gasteiger partial charge in [-0.1, -0.05) is 36.8 Å². The van der Waals surface area contributed by atoms with Crippen LogP contribution in [0.25, 0.3) is 16.8 Å². The van der Waals surface area contributed by atoms with Gasteiger partial charge in [0.05, 0.1) is 0 Å². The molecule has 0 aliphatic carbocycles. The Hall–Kier alpha value is -2.16. The molecule has 0 fully saturated rings. The number of nitrogens with zero attached hydrogens (tertiary/aromatic N) is 3. The summed E-state index contributed by atoms with van der Waals surface area (Å²) in [7, 11) is 0. The summed E-state index contributed by atoms with van der Waals surface area (Å²) in [6, 6.07) is 12.7. The summed E-state index contributed by atoms with van der Waals surface area (Å²) >= 11 is 0. The van der Waals surface area contributed by atoms with Crippen molar-refractivity contribution in [2.45, 2.75) is 20.3 Å². The number of fused-ring (bicyclic) bond motifs is 1. The fourth-order valence-electron chi connectivity index (χ4n) is 2.10. The molecule has 0 aliphatic rings. The second-order valence-electron chi connectivity index (χ2n) is 4.48. The van der Waals surface area contributed by atoms with Crippen LogP contribution in [0.15, 0.2) is 42.6 Å². The molecule has 0 radical (unpaired) electrons. The van der Waals surface area contributed by atoms with E-state index in [2.05, 4.69) is 65.0 Å². The maximum absolute atomic E-state index is 4.18. The van der Waals surface area contributed by atoms with Gasteiger partial charge in [-0.05, 0) is 30.2 Å². The van der Waals surface area contributed by atoms with Gasteiger partial charge in [0.15, 0.2) is 5.65 Å². The van der Waals surface area contributed by atoms with Crippen molar-refractivity contribution in [2.24, 2.45) is 0 Å². The molecular formula is C15H15N3. The van der Waals surface area contributed by atoms with E-state index in [-0.39, 0.29) is 0 Å². The van der Waals surface area contributed by atoms with E-state index >= 15 is 0 Å². The molecule has 0 saturated heterocycles. The minimum Gasteiger partial charge on any atom is -0.286 e. The van der Waals surface area contributed by atoms with Crippen LogP contribution < -0.4 is 0 Å². The number of pyridine rings is 1. The monoisotopic (exact) mass is 237 g/mol. The van der Waals surface area contributed by atoms with Crippen molar-refractivity contribution >= 4 is 5.65 Å². The third kappa shape index (κ3) is 1.78. The fraction of sp³-hybridized carbons (Fsp3) is 0.200. The Labute approximate surface area is 106 Å². The van der Waals surface area contributed by atoms with Crippen molar-refractivity contribution in [2.75, 3.05) is 0 Å². The zero-order valence-corrected chi connectivity index (χ0v) is 10.6. The van der Waals surface area contributed by atoms with Gasteiger partial charge < -0.3 is 0 Å². The second-order valence-corrected chi connectivity index (χ2v) is 4.48. The minimum atomic E-state index is 0.887. The topological polar surface area (TPSA) is 30.2 Å². The van der Waals surface area contributed by atoms with Gasteiger partial charge in [-0.15, -0.1) is 10.2 Å². The highest BCUT2D eigenvalue weighted by atomic mass is 15.2. The molecule has 3 nitrogen and oxygen atoms in total. The smallest absolute Gasteiger partial charge is 0.160 e. The summed E-state index contributed by atoms with van der Waals surface area (Å²) in [6.45, 7) is 4.19. The fourth-order valence-corrected chi connectivity index (χ4v) is 2.10. The molecule has 3 aromatic rings. The molecule has 3 rings (SSSR count). The van der Waals surface area contributed by atoms with Crippen LogP contribution in [-0.4, -0.2) is 14.6 Å². The zero-order chi connectivity index (χ0) is 12.5. The lowest BCUT2D eigenvalue weighted by molar-refractivity contribution is 0.910. The SMILES string of the molecule is CCc1nnc2ccc(-c3ccc(C)cc3)cn12. The number of aryl methyl sites for hydroxylation is 2. The summed E-state index contributed by atoms with van der Waals surface area (Å²) in [4.78, 5) is 0. The van der Waals surface area contributed by atoms with E-state index in [9.17, 15) is 0 Å². The Morgan fingerprint density at radius 2 is 1.67 bits per heavy atom. The first-order chi connectivity index (χ1) is 8.78. The number of hydrogen-bond donors (Lipinski definition) is 0. The molecule has 0 amide bonds. The quantitative estimate of drug-likeness (QED) is 0.684.